The summed E-state index contributed by atoms with van der Waals surface area (Å²) in [7, 11) is 1.71. The summed E-state index contributed by atoms with van der Waals surface area (Å²) in [6, 6.07) is 26.6. The number of rotatable bonds is 4. The van der Waals surface area contributed by atoms with E-state index in [-0.39, 0.29) is 11.3 Å². The number of aromatic nitrogens is 1. The summed E-state index contributed by atoms with van der Waals surface area (Å²) in [6.07, 6.45) is 0. The fourth-order valence-electron chi connectivity index (χ4n) is 4.85. The Morgan fingerprint density at radius 3 is 2.08 bits per heavy atom. The van der Waals surface area contributed by atoms with Gasteiger partial charge in [0.2, 0.25) is 0 Å². The summed E-state index contributed by atoms with van der Waals surface area (Å²) in [5.74, 6) is 1.07. The first-order valence-corrected chi connectivity index (χ1v) is 11.8. The summed E-state index contributed by atoms with van der Waals surface area (Å²) in [4.78, 5) is 27.0. The van der Waals surface area contributed by atoms with Gasteiger partial charge in [-0.3, -0.25) is 9.59 Å². The molecule has 36 heavy (non-hydrogen) atoms. The quantitative estimate of drug-likeness (QED) is 0.303. The first kappa shape index (κ1) is 21.9. The molecule has 0 aliphatic heterocycles. The number of pyridine rings is 1. The minimum absolute atomic E-state index is 0.0850. The Balaban J connectivity index is 1.68. The first-order chi connectivity index (χ1) is 17.4. The molecule has 0 bridgehead atoms. The number of ketones is 1. The summed E-state index contributed by atoms with van der Waals surface area (Å²) in [5.41, 5.74) is 6.78. The van der Waals surface area contributed by atoms with Crippen molar-refractivity contribution in [2.24, 2.45) is 7.05 Å². The Hall–Kier alpha value is -4.64. The van der Waals surface area contributed by atoms with Crippen molar-refractivity contribution in [2.75, 3.05) is 5.32 Å². The Morgan fingerprint density at radius 2 is 1.39 bits per heavy atom. The number of nitrogens with zero attached hydrogens (tertiary/aromatic N) is 1. The molecule has 0 saturated heterocycles. The zero-order valence-electron chi connectivity index (χ0n) is 20.3. The number of carbonyl (C=O) groups excluding carboxylic acids is 1. The lowest BCUT2D eigenvalue weighted by Gasteiger charge is -2.25. The van der Waals surface area contributed by atoms with Crippen LogP contribution in [0.1, 0.15) is 27.0 Å². The molecule has 0 radical (unpaired) electrons. The van der Waals surface area contributed by atoms with Crippen molar-refractivity contribution in [1.29, 1.82) is 0 Å². The van der Waals surface area contributed by atoms with E-state index in [4.69, 9.17) is 4.74 Å². The standard InChI is InChI=1S/C31H24N2O3/c1-18-8-12-20(13-9-18)32-25-17-26(36-21-14-10-19(2)11-15-21)30-28-24(16-27(34)33(30)3)22-6-4-5-7-23(22)31(35)29(25)28/h4-17,32H,1-3H3. The minimum Gasteiger partial charge on any atom is -0.455 e. The van der Waals surface area contributed by atoms with Crippen molar-refractivity contribution in [1.82, 2.24) is 4.57 Å². The molecule has 1 heterocycles. The zero-order chi connectivity index (χ0) is 25.0. The van der Waals surface area contributed by atoms with E-state index in [0.29, 0.717) is 39.2 Å². The zero-order valence-corrected chi connectivity index (χ0v) is 20.3. The van der Waals surface area contributed by atoms with E-state index in [9.17, 15) is 9.59 Å². The Labute approximate surface area is 208 Å². The molecule has 1 N–H and O–H groups in total. The van der Waals surface area contributed by atoms with Gasteiger partial charge in [0.1, 0.15) is 5.75 Å². The second-order valence-electron chi connectivity index (χ2n) is 9.26. The molecule has 4 aromatic carbocycles. The van der Waals surface area contributed by atoms with Gasteiger partial charge >= 0.3 is 0 Å². The average molecular weight is 473 g/mol. The van der Waals surface area contributed by atoms with Crippen LogP contribution in [0.2, 0.25) is 0 Å². The molecule has 0 spiro atoms. The molecule has 1 aromatic heterocycles. The Morgan fingerprint density at radius 1 is 0.750 bits per heavy atom. The molecule has 176 valence electrons. The Bertz CT molecular complexity index is 1730. The predicted octanol–water partition coefficient (Wildman–Crippen LogP) is 6.90. The topological polar surface area (TPSA) is 60.3 Å². The second kappa shape index (κ2) is 8.24. The maximum Gasteiger partial charge on any atom is 0.251 e. The molecule has 0 amide bonds. The van der Waals surface area contributed by atoms with Crippen LogP contribution in [-0.4, -0.2) is 10.4 Å². The van der Waals surface area contributed by atoms with Gasteiger partial charge in [-0.1, -0.05) is 59.7 Å². The number of fused-ring (bicyclic) bond motifs is 2. The van der Waals surface area contributed by atoms with Gasteiger partial charge in [-0.15, -0.1) is 0 Å². The van der Waals surface area contributed by atoms with Crippen molar-refractivity contribution in [3.05, 3.63) is 118 Å². The molecule has 6 rings (SSSR count). The van der Waals surface area contributed by atoms with Crippen LogP contribution in [0.25, 0.3) is 22.0 Å². The van der Waals surface area contributed by atoms with Gasteiger partial charge in [0.25, 0.3) is 5.56 Å². The average Bonchev–Trinajstić information content (AvgIpc) is 2.88. The Kier molecular flexibility index (Phi) is 5.00. The van der Waals surface area contributed by atoms with Crippen molar-refractivity contribution >= 4 is 28.1 Å². The van der Waals surface area contributed by atoms with Crippen LogP contribution in [0, 0.1) is 13.8 Å². The molecular weight excluding hydrogens is 448 g/mol. The van der Waals surface area contributed by atoms with E-state index in [1.54, 1.807) is 17.7 Å². The van der Waals surface area contributed by atoms with Crippen molar-refractivity contribution < 1.29 is 9.53 Å². The van der Waals surface area contributed by atoms with E-state index < -0.39 is 0 Å². The summed E-state index contributed by atoms with van der Waals surface area (Å²) >= 11 is 0. The molecule has 1 aliphatic rings. The summed E-state index contributed by atoms with van der Waals surface area (Å²) in [5, 5.41) is 4.15. The van der Waals surface area contributed by atoms with Crippen LogP contribution in [-0.2, 0) is 7.05 Å². The highest BCUT2D eigenvalue weighted by Gasteiger charge is 2.31. The van der Waals surface area contributed by atoms with Crippen LogP contribution in [0.4, 0.5) is 11.4 Å². The van der Waals surface area contributed by atoms with Gasteiger partial charge in [0, 0.05) is 35.8 Å². The minimum atomic E-state index is -0.166. The normalized spacial score (nSPS) is 11.9. The van der Waals surface area contributed by atoms with Gasteiger partial charge in [-0.2, -0.15) is 0 Å². The first-order valence-electron chi connectivity index (χ1n) is 11.8. The molecule has 5 aromatic rings. The largest absolute Gasteiger partial charge is 0.455 e. The van der Waals surface area contributed by atoms with Gasteiger partial charge in [-0.05, 0) is 49.2 Å². The van der Waals surface area contributed by atoms with Crippen molar-refractivity contribution in [3.8, 4) is 22.6 Å². The van der Waals surface area contributed by atoms with Crippen LogP contribution in [0.5, 0.6) is 11.5 Å². The summed E-state index contributed by atoms with van der Waals surface area (Å²) < 4.78 is 7.93. The predicted molar refractivity (Wildman–Crippen MR) is 144 cm³/mol. The number of benzene rings is 4. The number of ether oxygens (including phenoxy) is 1. The van der Waals surface area contributed by atoms with Crippen LogP contribution >= 0.6 is 0 Å². The fraction of sp³-hybridized carbons (Fsp3) is 0.0968. The van der Waals surface area contributed by atoms with Crippen LogP contribution < -0.4 is 15.6 Å². The second-order valence-corrected chi connectivity index (χ2v) is 9.26. The number of anilines is 2. The van der Waals surface area contributed by atoms with Crippen molar-refractivity contribution in [2.45, 2.75) is 13.8 Å². The monoisotopic (exact) mass is 472 g/mol. The van der Waals surface area contributed by atoms with E-state index in [2.05, 4.69) is 5.32 Å². The maximum atomic E-state index is 13.9. The number of hydrogen-bond acceptors (Lipinski definition) is 4. The molecular formula is C31H24N2O3. The number of nitrogens with one attached hydrogen (secondary N) is 1. The SMILES string of the molecule is Cc1ccc(Nc2cc(Oc3ccc(C)cc3)c3c4c(cc(=O)n3C)-c3ccccc3C(=O)c24)cc1. The fourth-order valence-corrected chi connectivity index (χ4v) is 4.85. The molecule has 5 heteroatoms. The lowest BCUT2D eigenvalue weighted by atomic mass is 9.83. The maximum absolute atomic E-state index is 13.9. The van der Waals surface area contributed by atoms with Crippen LogP contribution in [0.15, 0.2) is 89.7 Å². The number of aryl methyl sites for hydroxylation is 3. The van der Waals surface area contributed by atoms with E-state index >= 15 is 0 Å². The molecule has 0 unspecified atom stereocenters. The van der Waals surface area contributed by atoms with Gasteiger partial charge < -0.3 is 14.6 Å². The molecule has 0 fully saturated rings. The van der Waals surface area contributed by atoms with Crippen LogP contribution in [0.3, 0.4) is 0 Å². The highest BCUT2D eigenvalue weighted by atomic mass is 16.5. The van der Waals surface area contributed by atoms with Gasteiger partial charge in [-0.25, -0.2) is 0 Å². The molecule has 5 nitrogen and oxygen atoms in total. The molecule has 1 aliphatic carbocycles. The third-order valence-electron chi connectivity index (χ3n) is 6.74. The highest BCUT2D eigenvalue weighted by Crippen LogP contribution is 2.46. The lowest BCUT2D eigenvalue weighted by molar-refractivity contribution is 0.104. The number of carbonyl (C=O) groups is 1. The smallest absolute Gasteiger partial charge is 0.251 e. The lowest BCUT2D eigenvalue weighted by Crippen LogP contribution is -2.21. The van der Waals surface area contributed by atoms with Crippen molar-refractivity contribution in [3.63, 3.8) is 0 Å². The van der Waals surface area contributed by atoms with Gasteiger partial charge in [0.05, 0.1) is 16.8 Å². The summed E-state index contributed by atoms with van der Waals surface area (Å²) in [6.45, 7) is 4.05. The number of hydrogen-bond donors (Lipinski definition) is 1. The van der Waals surface area contributed by atoms with E-state index in [1.165, 1.54) is 0 Å². The molecule has 0 saturated carbocycles. The third-order valence-corrected chi connectivity index (χ3v) is 6.74. The van der Waals surface area contributed by atoms with Gasteiger partial charge in [0.15, 0.2) is 11.5 Å². The molecule has 0 atom stereocenters. The highest BCUT2D eigenvalue weighted by molar-refractivity contribution is 6.28. The third kappa shape index (κ3) is 3.48. The van der Waals surface area contributed by atoms with E-state index in [0.717, 1.165) is 27.9 Å². The van der Waals surface area contributed by atoms with E-state index in [1.807, 2.05) is 92.7 Å².